The summed E-state index contributed by atoms with van der Waals surface area (Å²) in [6.07, 6.45) is 0. The van der Waals surface area contributed by atoms with Crippen molar-refractivity contribution in [3.05, 3.63) is 46.6 Å². The molecule has 21 heavy (non-hydrogen) atoms. The van der Waals surface area contributed by atoms with Crippen LogP contribution in [0.15, 0.2) is 30.3 Å². The lowest BCUT2D eigenvalue weighted by atomic mass is 9.74. The van der Waals surface area contributed by atoms with E-state index in [1.54, 1.807) is 0 Å². The lowest BCUT2D eigenvalue weighted by Gasteiger charge is -2.31. The molecule has 1 aromatic heterocycles. The number of hydrogen-bond acceptors (Lipinski definition) is 2. The van der Waals surface area contributed by atoms with E-state index in [1.807, 2.05) is 18.2 Å². The van der Waals surface area contributed by atoms with Crippen LogP contribution in [-0.4, -0.2) is 10.2 Å². The van der Waals surface area contributed by atoms with Gasteiger partial charge in [-0.3, -0.25) is 0 Å². The van der Waals surface area contributed by atoms with Gasteiger partial charge >= 0.3 is 0 Å². The van der Waals surface area contributed by atoms with E-state index in [0.717, 1.165) is 16.8 Å². The van der Waals surface area contributed by atoms with Gasteiger partial charge in [-0.1, -0.05) is 83.5 Å². The number of nitrogens with zero attached hydrogens (tertiary/aromatic N) is 2. The topological polar surface area (TPSA) is 25.8 Å². The molecule has 0 saturated carbocycles. The zero-order valence-electron chi connectivity index (χ0n) is 13.7. The first-order valence-corrected chi connectivity index (χ1v) is 7.62. The molecule has 2 rings (SSSR count). The Balaban J connectivity index is 2.85. The second kappa shape index (κ2) is 5.42. The second-order valence-electron chi connectivity index (χ2n) is 7.46. The van der Waals surface area contributed by atoms with Crippen LogP contribution in [0.5, 0.6) is 0 Å². The molecule has 0 aliphatic carbocycles. The summed E-state index contributed by atoms with van der Waals surface area (Å²) in [7, 11) is 0. The largest absolute Gasteiger partial charge is 0.155 e. The second-order valence-corrected chi connectivity index (χ2v) is 7.81. The molecule has 1 heterocycles. The Kier molecular flexibility index (Phi) is 4.12. The normalized spacial score (nSPS) is 12.5. The molecule has 0 bridgehead atoms. The fourth-order valence-electron chi connectivity index (χ4n) is 2.63. The lowest BCUT2D eigenvalue weighted by Crippen LogP contribution is -2.25. The van der Waals surface area contributed by atoms with E-state index in [1.165, 1.54) is 5.56 Å². The predicted octanol–water partition coefficient (Wildman–Crippen LogP) is 5.39. The molecule has 0 N–H and O–H groups in total. The van der Waals surface area contributed by atoms with Crippen LogP contribution in [0.4, 0.5) is 0 Å². The molecule has 0 atom stereocenters. The van der Waals surface area contributed by atoms with Gasteiger partial charge in [0.05, 0.1) is 5.69 Å². The molecule has 2 nitrogen and oxygen atoms in total. The summed E-state index contributed by atoms with van der Waals surface area (Å²) >= 11 is 6.41. The van der Waals surface area contributed by atoms with Crippen LogP contribution in [-0.2, 0) is 10.8 Å². The minimum Gasteiger partial charge on any atom is -0.149 e. The molecule has 0 aliphatic rings. The van der Waals surface area contributed by atoms with Gasteiger partial charge in [0.1, 0.15) is 0 Å². The fourth-order valence-corrected chi connectivity index (χ4v) is 3.04. The summed E-state index contributed by atoms with van der Waals surface area (Å²) in [5.41, 5.74) is 4.13. The molecule has 0 aliphatic heterocycles. The Morgan fingerprint density at radius 1 is 0.762 bits per heavy atom. The molecular formula is C18H23ClN2. The highest BCUT2D eigenvalue weighted by atomic mass is 35.5. The number of benzene rings is 1. The van der Waals surface area contributed by atoms with Crippen molar-refractivity contribution in [2.45, 2.75) is 52.4 Å². The Morgan fingerprint density at radius 2 is 1.29 bits per heavy atom. The van der Waals surface area contributed by atoms with Crippen LogP contribution in [0.2, 0.25) is 5.15 Å². The van der Waals surface area contributed by atoms with Crippen molar-refractivity contribution in [1.82, 2.24) is 10.2 Å². The maximum absolute atomic E-state index is 6.41. The fraction of sp³-hybridized carbons (Fsp3) is 0.444. The van der Waals surface area contributed by atoms with Gasteiger partial charge in [-0.15, -0.1) is 10.2 Å². The zero-order valence-corrected chi connectivity index (χ0v) is 14.4. The molecule has 3 heteroatoms. The molecule has 0 fully saturated rings. The standard InChI is InChI=1S/C18H23ClN2/c1-17(2,3)13-14(18(4,5)6)16(19)21-20-15(13)12-10-8-7-9-11-12/h7-11H,1-6H3. The van der Waals surface area contributed by atoms with Gasteiger partial charge in [-0.2, -0.15) is 0 Å². The van der Waals surface area contributed by atoms with Gasteiger partial charge in [0, 0.05) is 11.1 Å². The first-order chi connectivity index (χ1) is 9.62. The van der Waals surface area contributed by atoms with E-state index in [2.05, 4.69) is 63.9 Å². The molecule has 0 radical (unpaired) electrons. The first kappa shape index (κ1) is 16.0. The Hall–Kier alpha value is -1.41. The van der Waals surface area contributed by atoms with Crippen molar-refractivity contribution in [2.75, 3.05) is 0 Å². The van der Waals surface area contributed by atoms with Crippen LogP contribution >= 0.6 is 11.6 Å². The molecule has 112 valence electrons. The third kappa shape index (κ3) is 3.26. The number of halogens is 1. The summed E-state index contributed by atoms with van der Waals surface area (Å²) in [6, 6.07) is 10.2. The van der Waals surface area contributed by atoms with E-state index in [0.29, 0.717) is 5.15 Å². The smallest absolute Gasteiger partial charge is 0.149 e. The summed E-state index contributed by atoms with van der Waals surface area (Å²) in [5, 5.41) is 9.13. The highest BCUT2D eigenvalue weighted by Gasteiger charge is 2.32. The van der Waals surface area contributed by atoms with Crippen molar-refractivity contribution in [3.63, 3.8) is 0 Å². The van der Waals surface area contributed by atoms with Crippen molar-refractivity contribution in [1.29, 1.82) is 0 Å². The SMILES string of the molecule is CC(C)(C)c1c(Cl)nnc(-c2ccccc2)c1C(C)(C)C. The highest BCUT2D eigenvalue weighted by Crippen LogP contribution is 2.41. The van der Waals surface area contributed by atoms with Gasteiger partial charge in [0.25, 0.3) is 0 Å². The Morgan fingerprint density at radius 3 is 1.76 bits per heavy atom. The van der Waals surface area contributed by atoms with Gasteiger partial charge in [0.15, 0.2) is 5.15 Å². The lowest BCUT2D eigenvalue weighted by molar-refractivity contribution is 0.525. The third-order valence-corrected chi connectivity index (χ3v) is 3.74. The molecule has 0 unspecified atom stereocenters. The van der Waals surface area contributed by atoms with E-state index in [4.69, 9.17) is 11.6 Å². The maximum atomic E-state index is 6.41. The average molecular weight is 303 g/mol. The van der Waals surface area contributed by atoms with Gasteiger partial charge < -0.3 is 0 Å². The number of aromatic nitrogens is 2. The van der Waals surface area contributed by atoms with Crippen molar-refractivity contribution < 1.29 is 0 Å². The Bertz CT molecular complexity index is 635. The third-order valence-electron chi connectivity index (χ3n) is 3.48. The van der Waals surface area contributed by atoms with Crippen molar-refractivity contribution in [2.24, 2.45) is 0 Å². The summed E-state index contributed by atoms with van der Waals surface area (Å²) < 4.78 is 0. The van der Waals surface area contributed by atoms with Crippen LogP contribution in [0.3, 0.4) is 0 Å². The van der Waals surface area contributed by atoms with E-state index < -0.39 is 0 Å². The van der Waals surface area contributed by atoms with Crippen LogP contribution in [0, 0.1) is 0 Å². The number of rotatable bonds is 1. The molecule has 1 aromatic carbocycles. The van der Waals surface area contributed by atoms with Gasteiger partial charge in [0.2, 0.25) is 0 Å². The van der Waals surface area contributed by atoms with Crippen LogP contribution in [0.25, 0.3) is 11.3 Å². The minimum atomic E-state index is -0.0842. The summed E-state index contributed by atoms with van der Waals surface area (Å²) in [5.74, 6) is 0. The van der Waals surface area contributed by atoms with Crippen LogP contribution in [0.1, 0.15) is 52.7 Å². The quantitative estimate of drug-likeness (QED) is 0.705. The zero-order chi connectivity index (χ0) is 15.8. The van der Waals surface area contributed by atoms with Crippen molar-refractivity contribution >= 4 is 11.6 Å². The van der Waals surface area contributed by atoms with E-state index in [-0.39, 0.29) is 10.8 Å². The molecule has 0 saturated heterocycles. The molecule has 0 spiro atoms. The molecule has 0 amide bonds. The predicted molar refractivity (Wildman–Crippen MR) is 89.9 cm³/mol. The number of hydrogen-bond donors (Lipinski definition) is 0. The minimum absolute atomic E-state index is 0.0621. The summed E-state index contributed by atoms with van der Waals surface area (Å²) in [6.45, 7) is 13.1. The molecule has 2 aromatic rings. The van der Waals surface area contributed by atoms with Crippen molar-refractivity contribution in [3.8, 4) is 11.3 Å². The van der Waals surface area contributed by atoms with E-state index in [9.17, 15) is 0 Å². The van der Waals surface area contributed by atoms with Crippen LogP contribution < -0.4 is 0 Å². The highest BCUT2D eigenvalue weighted by molar-refractivity contribution is 6.30. The average Bonchev–Trinajstić information content (AvgIpc) is 2.37. The molecular weight excluding hydrogens is 280 g/mol. The van der Waals surface area contributed by atoms with E-state index >= 15 is 0 Å². The maximum Gasteiger partial charge on any atom is 0.155 e. The monoisotopic (exact) mass is 302 g/mol. The first-order valence-electron chi connectivity index (χ1n) is 7.25. The van der Waals surface area contributed by atoms with Gasteiger partial charge in [-0.05, 0) is 16.4 Å². The van der Waals surface area contributed by atoms with Gasteiger partial charge in [-0.25, -0.2) is 0 Å². The summed E-state index contributed by atoms with van der Waals surface area (Å²) in [4.78, 5) is 0. The Labute approximate surface area is 132 Å².